The Morgan fingerprint density at radius 1 is 1.32 bits per heavy atom. The summed E-state index contributed by atoms with van der Waals surface area (Å²) in [7, 11) is 0. The number of carbonyl (C=O) groups excluding carboxylic acids is 1. The Kier molecular flexibility index (Phi) is 5.16. The highest BCUT2D eigenvalue weighted by Gasteiger charge is 2.11. The molecule has 25 heavy (non-hydrogen) atoms. The lowest BCUT2D eigenvalue weighted by Gasteiger charge is -2.08. The van der Waals surface area contributed by atoms with Crippen molar-refractivity contribution in [1.29, 1.82) is 0 Å². The molecule has 0 atom stereocenters. The molecule has 0 unspecified atom stereocenters. The molecule has 128 valence electrons. The lowest BCUT2D eigenvalue weighted by atomic mass is 10.1. The van der Waals surface area contributed by atoms with Gasteiger partial charge in [0.15, 0.2) is 17.3 Å². The van der Waals surface area contributed by atoms with E-state index in [0.717, 1.165) is 9.86 Å². The minimum Gasteiger partial charge on any atom is -0.503 e. The van der Waals surface area contributed by atoms with Crippen molar-refractivity contribution in [2.45, 2.75) is 6.92 Å². The SMILES string of the molecule is CCOc1cc(/C=C/C(=O)c2cc3cc(Br)ccc3o2)cc(Cl)c1O. The Bertz CT molecular complexity index is 975. The third-order valence-corrected chi connectivity index (χ3v) is 4.28. The summed E-state index contributed by atoms with van der Waals surface area (Å²) in [5.74, 6) is 0.138. The van der Waals surface area contributed by atoms with E-state index in [1.165, 1.54) is 6.08 Å². The molecule has 0 aliphatic rings. The van der Waals surface area contributed by atoms with E-state index in [-0.39, 0.29) is 28.1 Å². The van der Waals surface area contributed by atoms with Gasteiger partial charge in [0.25, 0.3) is 0 Å². The Labute approximate surface area is 157 Å². The summed E-state index contributed by atoms with van der Waals surface area (Å²) in [5.41, 5.74) is 1.28. The van der Waals surface area contributed by atoms with Crippen molar-refractivity contribution < 1.29 is 19.1 Å². The minimum absolute atomic E-state index is 0.116. The van der Waals surface area contributed by atoms with Gasteiger partial charge in [-0.15, -0.1) is 0 Å². The number of hydrogen-bond donors (Lipinski definition) is 1. The maximum absolute atomic E-state index is 12.3. The number of fused-ring (bicyclic) bond motifs is 1. The van der Waals surface area contributed by atoms with Gasteiger partial charge in [-0.1, -0.05) is 33.6 Å². The molecule has 0 saturated carbocycles. The van der Waals surface area contributed by atoms with Crippen LogP contribution in [0.5, 0.6) is 11.5 Å². The molecular weight excluding hydrogens is 408 g/mol. The average Bonchev–Trinajstić information content (AvgIpc) is 3.00. The highest BCUT2D eigenvalue weighted by atomic mass is 79.9. The number of aromatic hydroxyl groups is 1. The number of phenolic OH excluding ortho intramolecular Hbond substituents is 1. The molecule has 3 aromatic rings. The summed E-state index contributed by atoms with van der Waals surface area (Å²) >= 11 is 9.37. The zero-order chi connectivity index (χ0) is 18.0. The summed E-state index contributed by atoms with van der Waals surface area (Å²) in [6, 6.07) is 10.4. The molecule has 0 spiro atoms. The van der Waals surface area contributed by atoms with Gasteiger partial charge in [0.2, 0.25) is 5.78 Å². The lowest BCUT2D eigenvalue weighted by molar-refractivity contribution is 0.102. The van der Waals surface area contributed by atoms with Crippen molar-refractivity contribution in [3.8, 4) is 11.5 Å². The van der Waals surface area contributed by atoms with Crippen molar-refractivity contribution in [3.63, 3.8) is 0 Å². The molecule has 1 aromatic heterocycles. The van der Waals surface area contributed by atoms with Crippen molar-refractivity contribution in [2.24, 2.45) is 0 Å². The van der Waals surface area contributed by atoms with Gasteiger partial charge >= 0.3 is 0 Å². The molecule has 0 aliphatic carbocycles. The predicted molar refractivity (Wildman–Crippen MR) is 102 cm³/mol. The minimum atomic E-state index is -0.269. The van der Waals surface area contributed by atoms with Gasteiger partial charge in [0.1, 0.15) is 5.58 Å². The first-order chi connectivity index (χ1) is 12.0. The number of phenols is 1. The fourth-order valence-corrected chi connectivity index (χ4v) is 2.94. The molecule has 1 heterocycles. The van der Waals surface area contributed by atoms with E-state index in [1.54, 1.807) is 37.3 Å². The number of ether oxygens (including phenoxy) is 1. The number of allylic oxidation sites excluding steroid dienone is 1. The lowest BCUT2D eigenvalue weighted by Crippen LogP contribution is -1.93. The first-order valence-electron chi connectivity index (χ1n) is 7.54. The van der Waals surface area contributed by atoms with Crippen molar-refractivity contribution in [2.75, 3.05) is 6.61 Å². The number of furan rings is 1. The molecule has 2 aromatic carbocycles. The number of halogens is 2. The maximum Gasteiger partial charge on any atom is 0.221 e. The van der Waals surface area contributed by atoms with Gasteiger partial charge in [-0.2, -0.15) is 0 Å². The molecule has 3 rings (SSSR count). The normalized spacial score (nSPS) is 11.3. The molecule has 0 radical (unpaired) electrons. The number of carbonyl (C=O) groups is 1. The Morgan fingerprint density at radius 3 is 2.88 bits per heavy atom. The van der Waals surface area contributed by atoms with E-state index in [9.17, 15) is 9.90 Å². The van der Waals surface area contributed by atoms with Crippen LogP contribution in [0.1, 0.15) is 23.0 Å². The second-order valence-electron chi connectivity index (χ2n) is 5.27. The predicted octanol–water partition coefficient (Wildman–Crippen LogP) is 5.85. The first kappa shape index (κ1) is 17.6. The number of benzene rings is 2. The standard InChI is InChI=1S/C19H14BrClO4/c1-2-24-18-8-11(7-14(21)19(18)23)3-5-15(22)17-10-12-9-13(20)4-6-16(12)25-17/h3-10,23H,2H2,1H3/b5-3+. The Hall–Kier alpha value is -2.24. The van der Waals surface area contributed by atoms with E-state index in [0.29, 0.717) is 17.8 Å². The topological polar surface area (TPSA) is 59.7 Å². The summed E-state index contributed by atoms with van der Waals surface area (Å²) in [6.45, 7) is 2.20. The highest BCUT2D eigenvalue weighted by Crippen LogP contribution is 2.35. The van der Waals surface area contributed by atoms with E-state index < -0.39 is 0 Å². The largest absolute Gasteiger partial charge is 0.503 e. The van der Waals surface area contributed by atoms with E-state index in [1.807, 2.05) is 12.1 Å². The monoisotopic (exact) mass is 420 g/mol. The van der Waals surface area contributed by atoms with Gasteiger partial charge in [0, 0.05) is 9.86 Å². The number of rotatable bonds is 5. The molecule has 0 aliphatic heterocycles. The molecule has 0 bridgehead atoms. The fraction of sp³-hybridized carbons (Fsp3) is 0.105. The first-order valence-corrected chi connectivity index (χ1v) is 8.72. The van der Waals surface area contributed by atoms with E-state index in [4.69, 9.17) is 20.8 Å². The molecule has 6 heteroatoms. The van der Waals surface area contributed by atoms with Crippen molar-refractivity contribution >= 4 is 50.4 Å². The average molecular weight is 422 g/mol. The third-order valence-electron chi connectivity index (χ3n) is 3.50. The third kappa shape index (κ3) is 3.89. The van der Waals surface area contributed by atoms with E-state index >= 15 is 0 Å². The van der Waals surface area contributed by atoms with Crippen LogP contribution < -0.4 is 4.74 Å². The van der Waals surface area contributed by atoms with Crippen LogP contribution in [0.15, 0.2) is 51.4 Å². The van der Waals surface area contributed by atoms with Crippen molar-refractivity contribution in [1.82, 2.24) is 0 Å². The van der Waals surface area contributed by atoms with Crippen LogP contribution >= 0.6 is 27.5 Å². The van der Waals surface area contributed by atoms with Gasteiger partial charge in [-0.05, 0) is 55.0 Å². The smallest absolute Gasteiger partial charge is 0.221 e. The molecule has 0 saturated heterocycles. The molecular formula is C19H14BrClO4. The molecule has 0 fully saturated rings. The maximum atomic E-state index is 12.3. The van der Waals surface area contributed by atoms with Crippen LogP contribution in [0.25, 0.3) is 17.0 Å². The summed E-state index contributed by atoms with van der Waals surface area (Å²) in [6.07, 6.45) is 2.99. The summed E-state index contributed by atoms with van der Waals surface area (Å²) in [5, 5.41) is 10.8. The highest BCUT2D eigenvalue weighted by molar-refractivity contribution is 9.10. The zero-order valence-corrected chi connectivity index (χ0v) is 15.6. The van der Waals surface area contributed by atoms with E-state index in [2.05, 4.69) is 15.9 Å². The van der Waals surface area contributed by atoms with Crippen LogP contribution in [0.2, 0.25) is 5.02 Å². The summed E-state index contributed by atoms with van der Waals surface area (Å²) in [4.78, 5) is 12.3. The second kappa shape index (κ2) is 7.33. The molecule has 4 nitrogen and oxygen atoms in total. The quantitative estimate of drug-likeness (QED) is 0.415. The van der Waals surface area contributed by atoms with Crippen LogP contribution in [0.4, 0.5) is 0 Å². The van der Waals surface area contributed by atoms with Gasteiger partial charge in [0.05, 0.1) is 11.6 Å². The fourth-order valence-electron chi connectivity index (χ4n) is 2.35. The van der Waals surface area contributed by atoms with Gasteiger partial charge in [-0.3, -0.25) is 4.79 Å². The van der Waals surface area contributed by atoms with Crippen LogP contribution in [-0.4, -0.2) is 17.5 Å². The molecule has 1 N–H and O–H groups in total. The van der Waals surface area contributed by atoms with Crippen LogP contribution in [0, 0.1) is 0 Å². The molecule has 0 amide bonds. The van der Waals surface area contributed by atoms with Crippen LogP contribution in [0.3, 0.4) is 0 Å². The van der Waals surface area contributed by atoms with Crippen molar-refractivity contribution in [3.05, 3.63) is 63.3 Å². The number of ketones is 1. The Balaban J connectivity index is 1.86. The zero-order valence-electron chi connectivity index (χ0n) is 13.3. The Morgan fingerprint density at radius 2 is 2.12 bits per heavy atom. The van der Waals surface area contributed by atoms with Gasteiger partial charge in [-0.25, -0.2) is 0 Å². The van der Waals surface area contributed by atoms with Crippen LogP contribution in [-0.2, 0) is 0 Å². The second-order valence-corrected chi connectivity index (χ2v) is 6.60. The van der Waals surface area contributed by atoms with Gasteiger partial charge < -0.3 is 14.3 Å². The summed E-state index contributed by atoms with van der Waals surface area (Å²) < 4.78 is 11.8. The number of hydrogen-bond acceptors (Lipinski definition) is 4.